The van der Waals surface area contributed by atoms with Crippen molar-refractivity contribution in [1.29, 1.82) is 0 Å². The number of amides is 1. The highest BCUT2D eigenvalue weighted by Gasteiger charge is 2.47. The lowest BCUT2D eigenvalue weighted by molar-refractivity contribution is -0.132. The van der Waals surface area contributed by atoms with Crippen molar-refractivity contribution < 1.29 is 19.4 Å². The summed E-state index contributed by atoms with van der Waals surface area (Å²) >= 11 is 1.43. The van der Waals surface area contributed by atoms with E-state index in [9.17, 15) is 14.7 Å². The van der Waals surface area contributed by atoms with Crippen LogP contribution in [0.4, 0.5) is 11.4 Å². The van der Waals surface area contributed by atoms with Gasteiger partial charge in [0, 0.05) is 30.3 Å². The van der Waals surface area contributed by atoms with E-state index < -0.39 is 17.7 Å². The molecule has 7 heteroatoms. The number of ether oxygens (including phenoxy) is 1. The van der Waals surface area contributed by atoms with Gasteiger partial charge < -0.3 is 14.7 Å². The van der Waals surface area contributed by atoms with E-state index in [1.165, 1.54) is 23.3 Å². The molecular weight excluding hydrogens is 412 g/mol. The standard InChI is InChI=1S/C24H22N2O4S/c1-25(2)15-10-12-16(13-11-15)26-21(19-9-6-14-31-19)20(23(28)24(26)29)22(27)17-7-4-5-8-18(17)30-3/h4-14,21,27H,1-3H3/b22-20-. The van der Waals surface area contributed by atoms with Crippen molar-refractivity contribution in [3.8, 4) is 5.75 Å². The first-order valence-electron chi connectivity index (χ1n) is 9.69. The molecule has 2 heterocycles. The Bertz CT molecular complexity index is 1150. The number of aliphatic hydroxyl groups excluding tert-OH is 1. The molecule has 0 radical (unpaired) electrons. The Hall–Kier alpha value is -3.58. The number of aliphatic hydroxyl groups is 1. The molecule has 2 aromatic carbocycles. The summed E-state index contributed by atoms with van der Waals surface area (Å²) in [6.07, 6.45) is 0. The molecule has 1 aliphatic heterocycles. The van der Waals surface area contributed by atoms with Crippen molar-refractivity contribution in [1.82, 2.24) is 0 Å². The maximum absolute atomic E-state index is 13.1. The molecule has 0 saturated carbocycles. The van der Waals surface area contributed by atoms with E-state index in [2.05, 4.69) is 0 Å². The van der Waals surface area contributed by atoms with Crippen molar-refractivity contribution in [3.05, 3.63) is 82.1 Å². The number of nitrogens with zero attached hydrogens (tertiary/aromatic N) is 2. The minimum absolute atomic E-state index is 0.0497. The van der Waals surface area contributed by atoms with Gasteiger partial charge in [-0.05, 0) is 47.8 Å². The Kier molecular flexibility index (Phi) is 5.52. The summed E-state index contributed by atoms with van der Waals surface area (Å²) in [6.45, 7) is 0. The second-order valence-electron chi connectivity index (χ2n) is 7.30. The number of Topliss-reactive ketones (excluding diaryl/α,β-unsaturated/α-hetero) is 1. The van der Waals surface area contributed by atoms with Crippen molar-refractivity contribution in [3.63, 3.8) is 0 Å². The maximum Gasteiger partial charge on any atom is 0.300 e. The number of carbonyl (C=O) groups is 2. The minimum Gasteiger partial charge on any atom is -0.507 e. The Labute approximate surface area is 184 Å². The molecule has 0 spiro atoms. The molecule has 1 aliphatic rings. The molecule has 1 aromatic heterocycles. The molecule has 1 N–H and O–H groups in total. The summed E-state index contributed by atoms with van der Waals surface area (Å²) < 4.78 is 5.36. The van der Waals surface area contributed by atoms with E-state index in [0.717, 1.165) is 10.6 Å². The Balaban J connectivity index is 1.90. The zero-order valence-electron chi connectivity index (χ0n) is 17.4. The number of ketones is 1. The monoisotopic (exact) mass is 434 g/mol. The van der Waals surface area contributed by atoms with Gasteiger partial charge in [-0.15, -0.1) is 11.3 Å². The lowest BCUT2D eigenvalue weighted by Gasteiger charge is -2.25. The van der Waals surface area contributed by atoms with Gasteiger partial charge in [-0.3, -0.25) is 14.5 Å². The zero-order chi connectivity index (χ0) is 22.1. The van der Waals surface area contributed by atoms with E-state index >= 15 is 0 Å². The third-order valence-corrected chi connectivity index (χ3v) is 6.19. The Morgan fingerprint density at radius 1 is 1.03 bits per heavy atom. The van der Waals surface area contributed by atoms with Crippen LogP contribution < -0.4 is 14.5 Å². The second-order valence-corrected chi connectivity index (χ2v) is 8.27. The zero-order valence-corrected chi connectivity index (χ0v) is 18.2. The fraction of sp³-hybridized carbons (Fsp3) is 0.167. The molecule has 1 fully saturated rings. The first-order valence-corrected chi connectivity index (χ1v) is 10.6. The van der Waals surface area contributed by atoms with Crippen molar-refractivity contribution in [2.24, 2.45) is 0 Å². The fourth-order valence-corrected chi connectivity index (χ4v) is 4.54. The smallest absolute Gasteiger partial charge is 0.300 e. The molecule has 1 saturated heterocycles. The minimum atomic E-state index is -0.727. The molecule has 1 unspecified atom stereocenters. The molecule has 1 amide bonds. The van der Waals surface area contributed by atoms with Gasteiger partial charge >= 0.3 is 0 Å². The number of carbonyl (C=O) groups excluding carboxylic acids is 2. The Morgan fingerprint density at radius 2 is 1.74 bits per heavy atom. The van der Waals surface area contributed by atoms with Crippen LogP contribution in [0.2, 0.25) is 0 Å². The SMILES string of the molecule is COc1ccccc1/C(O)=C1/C(=O)C(=O)N(c2ccc(N(C)C)cc2)C1c1cccs1. The average molecular weight is 435 g/mol. The fourth-order valence-electron chi connectivity index (χ4n) is 3.71. The van der Waals surface area contributed by atoms with Crippen LogP contribution in [0.3, 0.4) is 0 Å². The van der Waals surface area contributed by atoms with E-state index in [1.807, 2.05) is 60.8 Å². The molecular formula is C24H22N2O4S. The van der Waals surface area contributed by atoms with E-state index in [-0.39, 0.29) is 11.3 Å². The number of anilines is 2. The van der Waals surface area contributed by atoms with Gasteiger partial charge in [0.15, 0.2) is 0 Å². The van der Waals surface area contributed by atoms with Crippen molar-refractivity contribution >= 4 is 40.2 Å². The normalized spacial score (nSPS) is 17.8. The first kappa shape index (κ1) is 20.7. The van der Waals surface area contributed by atoms with Crippen LogP contribution in [-0.4, -0.2) is 38.0 Å². The number of hydrogen-bond acceptors (Lipinski definition) is 6. The predicted molar refractivity (Wildman–Crippen MR) is 123 cm³/mol. The summed E-state index contributed by atoms with van der Waals surface area (Å²) in [7, 11) is 5.36. The van der Waals surface area contributed by atoms with Gasteiger partial charge in [0.2, 0.25) is 0 Å². The maximum atomic E-state index is 13.1. The number of thiophene rings is 1. The van der Waals surface area contributed by atoms with Crippen LogP contribution in [0.5, 0.6) is 5.75 Å². The number of para-hydroxylation sites is 1. The molecule has 0 aliphatic carbocycles. The summed E-state index contributed by atoms with van der Waals surface area (Å²) in [5, 5.41) is 13.1. The largest absolute Gasteiger partial charge is 0.507 e. The second kappa shape index (κ2) is 8.28. The summed E-state index contributed by atoms with van der Waals surface area (Å²) in [4.78, 5) is 30.4. The van der Waals surface area contributed by atoms with Crippen LogP contribution in [0.1, 0.15) is 16.5 Å². The highest BCUT2D eigenvalue weighted by atomic mass is 32.1. The third-order valence-electron chi connectivity index (χ3n) is 5.26. The number of hydrogen-bond donors (Lipinski definition) is 1. The van der Waals surface area contributed by atoms with E-state index in [1.54, 1.807) is 24.3 Å². The number of methoxy groups -OCH3 is 1. The van der Waals surface area contributed by atoms with E-state index in [0.29, 0.717) is 17.0 Å². The molecule has 1 atom stereocenters. The molecule has 6 nitrogen and oxygen atoms in total. The van der Waals surface area contributed by atoms with Gasteiger partial charge in [-0.2, -0.15) is 0 Å². The topological polar surface area (TPSA) is 70.1 Å². The quantitative estimate of drug-likeness (QED) is 0.365. The molecule has 3 aromatic rings. The Morgan fingerprint density at radius 3 is 2.35 bits per heavy atom. The van der Waals surface area contributed by atoms with Gasteiger partial charge in [0.1, 0.15) is 17.6 Å². The third kappa shape index (κ3) is 3.57. The van der Waals surface area contributed by atoms with Crippen LogP contribution in [0.15, 0.2) is 71.6 Å². The lowest BCUT2D eigenvalue weighted by Crippen LogP contribution is -2.29. The van der Waals surface area contributed by atoms with E-state index in [4.69, 9.17) is 4.74 Å². The molecule has 158 valence electrons. The number of benzene rings is 2. The highest BCUT2D eigenvalue weighted by Crippen LogP contribution is 2.44. The van der Waals surface area contributed by atoms with Gasteiger partial charge in [-0.1, -0.05) is 18.2 Å². The molecule has 0 bridgehead atoms. The van der Waals surface area contributed by atoms with Gasteiger partial charge in [0.05, 0.1) is 18.2 Å². The highest BCUT2D eigenvalue weighted by molar-refractivity contribution is 7.10. The average Bonchev–Trinajstić information content (AvgIpc) is 3.40. The van der Waals surface area contributed by atoms with Crippen LogP contribution in [-0.2, 0) is 9.59 Å². The van der Waals surface area contributed by atoms with Crippen LogP contribution >= 0.6 is 11.3 Å². The molecule has 4 rings (SSSR count). The lowest BCUT2D eigenvalue weighted by atomic mass is 9.99. The summed E-state index contributed by atoms with van der Waals surface area (Å²) in [5.74, 6) is -1.22. The first-order chi connectivity index (χ1) is 14.9. The van der Waals surface area contributed by atoms with Crippen LogP contribution in [0, 0.1) is 0 Å². The summed E-state index contributed by atoms with van der Waals surface area (Å²) in [5.41, 5.74) is 1.98. The van der Waals surface area contributed by atoms with Crippen molar-refractivity contribution in [2.75, 3.05) is 31.0 Å². The van der Waals surface area contributed by atoms with Gasteiger partial charge in [0.25, 0.3) is 11.7 Å². The van der Waals surface area contributed by atoms with Gasteiger partial charge in [-0.25, -0.2) is 0 Å². The molecule has 31 heavy (non-hydrogen) atoms. The predicted octanol–water partition coefficient (Wildman–Crippen LogP) is 4.45. The number of rotatable bonds is 5. The van der Waals surface area contributed by atoms with Crippen molar-refractivity contribution in [2.45, 2.75) is 6.04 Å². The summed E-state index contributed by atoms with van der Waals surface area (Å²) in [6, 6.07) is 17.3. The van der Waals surface area contributed by atoms with Crippen LogP contribution in [0.25, 0.3) is 5.76 Å².